The van der Waals surface area contributed by atoms with Crippen molar-refractivity contribution in [2.45, 2.75) is 6.54 Å². The molecule has 78 valence electrons. The smallest absolute Gasteiger partial charge is 0.0869 e. The van der Waals surface area contributed by atoms with E-state index in [1.807, 2.05) is 0 Å². The van der Waals surface area contributed by atoms with Gasteiger partial charge < -0.3 is 4.90 Å². The van der Waals surface area contributed by atoms with Crippen LogP contribution in [0.4, 0.5) is 5.69 Å². The van der Waals surface area contributed by atoms with Crippen molar-refractivity contribution < 1.29 is 0 Å². The van der Waals surface area contributed by atoms with Crippen molar-refractivity contribution in [3.8, 4) is 6.07 Å². The van der Waals surface area contributed by atoms with E-state index in [1.165, 1.54) is 11.3 Å². The lowest BCUT2D eigenvalue weighted by Crippen LogP contribution is -2.29. The van der Waals surface area contributed by atoms with E-state index in [-0.39, 0.29) is 0 Å². The first kappa shape index (κ1) is 10.0. The molecule has 0 bridgehead atoms. The van der Waals surface area contributed by atoms with E-state index >= 15 is 0 Å². The van der Waals surface area contributed by atoms with E-state index in [9.17, 15) is 0 Å². The molecule has 0 N–H and O–H groups in total. The first-order valence-corrected chi connectivity index (χ1v) is 5.19. The Hall–Kier alpha value is -1.53. The second kappa shape index (κ2) is 4.33. The largest absolute Gasteiger partial charge is 0.373 e. The summed E-state index contributed by atoms with van der Waals surface area (Å²) in [5.74, 6) is 0. The summed E-state index contributed by atoms with van der Waals surface area (Å²) in [5, 5.41) is 8.72. The van der Waals surface area contributed by atoms with Crippen molar-refractivity contribution in [2.75, 3.05) is 31.6 Å². The fourth-order valence-electron chi connectivity index (χ4n) is 1.98. The maximum atomic E-state index is 8.72. The molecule has 0 spiro atoms. The van der Waals surface area contributed by atoms with Gasteiger partial charge in [-0.25, -0.2) is 0 Å². The average Bonchev–Trinajstić information content (AvgIpc) is 2.40. The summed E-state index contributed by atoms with van der Waals surface area (Å²) in [6, 6.07) is 10.6. The number of likely N-dealkylation sites (N-methyl/N-ethyl adjacent to an activating group) is 1. The van der Waals surface area contributed by atoms with Gasteiger partial charge in [-0.15, -0.1) is 0 Å². The molecule has 1 aliphatic rings. The van der Waals surface area contributed by atoms with Crippen LogP contribution in [0.1, 0.15) is 5.56 Å². The van der Waals surface area contributed by atoms with Gasteiger partial charge >= 0.3 is 0 Å². The SMILES string of the molecule is CN1CCN(CC#N)Cc2ccccc21. The molecule has 1 aliphatic heterocycles. The molecule has 0 aromatic heterocycles. The Balaban J connectivity index is 2.26. The number of rotatable bonds is 1. The van der Waals surface area contributed by atoms with Crippen LogP contribution in [0.25, 0.3) is 0 Å². The van der Waals surface area contributed by atoms with Crippen LogP contribution in [0.3, 0.4) is 0 Å². The summed E-state index contributed by atoms with van der Waals surface area (Å²) in [6.07, 6.45) is 0. The second-order valence-electron chi connectivity index (χ2n) is 3.92. The highest BCUT2D eigenvalue weighted by molar-refractivity contribution is 5.53. The molecule has 2 rings (SSSR count). The number of benzene rings is 1. The lowest BCUT2D eigenvalue weighted by Gasteiger charge is -2.18. The van der Waals surface area contributed by atoms with Crippen LogP contribution in [-0.4, -0.2) is 31.6 Å². The molecule has 1 heterocycles. The molecule has 3 nitrogen and oxygen atoms in total. The Morgan fingerprint density at radius 2 is 2.13 bits per heavy atom. The Bertz CT molecular complexity index is 381. The van der Waals surface area contributed by atoms with Gasteiger partial charge in [0.2, 0.25) is 0 Å². The van der Waals surface area contributed by atoms with Crippen molar-refractivity contribution in [1.29, 1.82) is 5.26 Å². The third kappa shape index (κ3) is 2.11. The molecule has 0 saturated heterocycles. The monoisotopic (exact) mass is 201 g/mol. The Labute approximate surface area is 90.5 Å². The predicted octanol–water partition coefficient (Wildman–Crippen LogP) is 1.46. The highest BCUT2D eigenvalue weighted by atomic mass is 15.2. The van der Waals surface area contributed by atoms with Crippen LogP contribution in [0.5, 0.6) is 0 Å². The number of nitriles is 1. The number of hydrogen-bond acceptors (Lipinski definition) is 3. The first-order chi connectivity index (χ1) is 7.31. The molecule has 0 aliphatic carbocycles. The molecule has 0 atom stereocenters. The number of para-hydroxylation sites is 1. The molecule has 3 heteroatoms. The molecular weight excluding hydrogens is 186 g/mol. The molecule has 0 saturated carbocycles. The Kier molecular flexibility index (Phi) is 2.89. The predicted molar refractivity (Wildman–Crippen MR) is 60.6 cm³/mol. The topological polar surface area (TPSA) is 30.3 Å². The van der Waals surface area contributed by atoms with Gasteiger partial charge in [0.15, 0.2) is 0 Å². The van der Waals surface area contributed by atoms with Gasteiger partial charge in [0.25, 0.3) is 0 Å². The minimum absolute atomic E-state index is 0.516. The number of nitrogens with zero attached hydrogens (tertiary/aromatic N) is 3. The first-order valence-electron chi connectivity index (χ1n) is 5.19. The zero-order valence-electron chi connectivity index (χ0n) is 8.98. The summed E-state index contributed by atoms with van der Waals surface area (Å²) in [7, 11) is 2.11. The van der Waals surface area contributed by atoms with Crippen LogP contribution in [-0.2, 0) is 6.54 Å². The number of anilines is 1. The van der Waals surface area contributed by atoms with E-state index in [1.54, 1.807) is 0 Å². The third-order valence-corrected chi connectivity index (χ3v) is 2.84. The molecule has 0 radical (unpaired) electrons. The standard InChI is InChI=1S/C12H15N3/c1-14-8-9-15(7-6-13)10-11-4-2-3-5-12(11)14/h2-5H,7-10H2,1H3. The summed E-state index contributed by atoms with van der Waals surface area (Å²) < 4.78 is 0. The Morgan fingerprint density at radius 3 is 2.93 bits per heavy atom. The van der Waals surface area contributed by atoms with Crippen LogP contribution in [0.15, 0.2) is 24.3 Å². The van der Waals surface area contributed by atoms with Gasteiger partial charge in [0, 0.05) is 32.4 Å². The van der Waals surface area contributed by atoms with E-state index < -0.39 is 0 Å². The van der Waals surface area contributed by atoms with Crippen molar-refractivity contribution >= 4 is 5.69 Å². The van der Waals surface area contributed by atoms with Crippen LogP contribution in [0.2, 0.25) is 0 Å². The summed E-state index contributed by atoms with van der Waals surface area (Å²) in [5.41, 5.74) is 2.60. The fraction of sp³-hybridized carbons (Fsp3) is 0.417. The summed E-state index contributed by atoms with van der Waals surface area (Å²) >= 11 is 0. The normalized spacial score (nSPS) is 16.7. The van der Waals surface area contributed by atoms with Gasteiger partial charge in [-0.3, -0.25) is 4.90 Å². The molecule has 15 heavy (non-hydrogen) atoms. The second-order valence-corrected chi connectivity index (χ2v) is 3.92. The zero-order valence-corrected chi connectivity index (χ0v) is 8.98. The quantitative estimate of drug-likeness (QED) is 0.644. The lowest BCUT2D eigenvalue weighted by atomic mass is 10.1. The van der Waals surface area contributed by atoms with E-state index in [0.717, 1.165) is 19.6 Å². The maximum Gasteiger partial charge on any atom is 0.0869 e. The fourth-order valence-corrected chi connectivity index (χ4v) is 1.98. The Morgan fingerprint density at radius 1 is 1.33 bits per heavy atom. The van der Waals surface area contributed by atoms with Gasteiger partial charge in [0.1, 0.15) is 0 Å². The number of fused-ring (bicyclic) bond motifs is 1. The zero-order chi connectivity index (χ0) is 10.7. The van der Waals surface area contributed by atoms with Gasteiger partial charge in [-0.2, -0.15) is 5.26 Å². The number of hydrogen-bond donors (Lipinski definition) is 0. The van der Waals surface area contributed by atoms with Crippen molar-refractivity contribution in [3.63, 3.8) is 0 Å². The molecule has 0 unspecified atom stereocenters. The maximum absolute atomic E-state index is 8.72. The molecule has 0 fully saturated rings. The molecule has 0 amide bonds. The van der Waals surface area contributed by atoms with Crippen molar-refractivity contribution in [3.05, 3.63) is 29.8 Å². The van der Waals surface area contributed by atoms with Crippen molar-refractivity contribution in [2.24, 2.45) is 0 Å². The summed E-state index contributed by atoms with van der Waals surface area (Å²) in [6.45, 7) is 3.34. The van der Waals surface area contributed by atoms with E-state index in [0.29, 0.717) is 6.54 Å². The molecule has 1 aromatic carbocycles. The van der Waals surface area contributed by atoms with Gasteiger partial charge in [0.05, 0.1) is 12.6 Å². The minimum atomic E-state index is 0.516. The van der Waals surface area contributed by atoms with Gasteiger partial charge in [-0.1, -0.05) is 18.2 Å². The van der Waals surface area contributed by atoms with E-state index in [4.69, 9.17) is 5.26 Å². The van der Waals surface area contributed by atoms with Crippen LogP contribution < -0.4 is 4.90 Å². The summed E-state index contributed by atoms with van der Waals surface area (Å²) in [4.78, 5) is 4.44. The average molecular weight is 201 g/mol. The highest BCUT2D eigenvalue weighted by Crippen LogP contribution is 2.23. The molecule has 1 aromatic rings. The molecular formula is C12H15N3. The van der Waals surface area contributed by atoms with Crippen LogP contribution >= 0.6 is 0 Å². The lowest BCUT2D eigenvalue weighted by molar-refractivity contribution is 0.312. The minimum Gasteiger partial charge on any atom is -0.373 e. The highest BCUT2D eigenvalue weighted by Gasteiger charge is 2.16. The third-order valence-electron chi connectivity index (χ3n) is 2.84. The van der Waals surface area contributed by atoms with Crippen LogP contribution in [0, 0.1) is 11.3 Å². The van der Waals surface area contributed by atoms with E-state index in [2.05, 4.69) is 47.2 Å². The van der Waals surface area contributed by atoms with Gasteiger partial charge in [-0.05, 0) is 11.6 Å². The van der Waals surface area contributed by atoms with Crippen molar-refractivity contribution in [1.82, 2.24) is 4.90 Å².